The molecule has 25 heavy (non-hydrogen) atoms. The summed E-state index contributed by atoms with van der Waals surface area (Å²) in [5.74, 6) is 0.713. The number of aryl methyl sites for hydroxylation is 1. The van der Waals surface area contributed by atoms with Gasteiger partial charge in [0, 0.05) is 50.1 Å². The van der Waals surface area contributed by atoms with E-state index in [1.807, 2.05) is 13.0 Å². The number of nitrogens with zero attached hydrogens (tertiary/aromatic N) is 3. The van der Waals surface area contributed by atoms with Crippen LogP contribution in [-0.2, 0) is 16.0 Å². The molecule has 0 saturated heterocycles. The first kappa shape index (κ1) is 17.1. The predicted molar refractivity (Wildman–Crippen MR) is 96.0 cm³/mol. The van der Waals surface area contributed by atoms with E-state index in [2.05, 4.69) is 21.4 Å². The van der Waals surface area contributed by atoms with Crippen LogP contribution in [0.5, 0.6) is 0 Å². The molecular formula is C19H22N4O2. The lowest BCUT2D eigenvalue weighted by Gasteiger charge is -2.27. The number of aromatic nitrogens is 2. The first-order chi connectivity index (χ1) is 12.0. The highest BCUT2D eigenvalue weighted by molar-refractivity contribution is 5.92. The summed E-state index contributed by atoms with van der Waals surface area (Å²) in [6.07, 6.45) is 7.18. The molecule has 6 nitrogen and oxygen atoms in total. The van der Waals surface area contributed by atoms with Gasteiger partial charge < -0.3 is 5.32 Å². The SMILES string of the molecule is CC(=O)NC(C)c1cncc(-c2cnc3c(c2)CCCN3C(C)=O)c1. The highest BCUT2D eigenvalue weighted by Gasteiger charge is 2.21. The zero-order valence-corrected chi connectivity index (χ0v) is 14.7. The molecule has 1 unspecified atom stereocenters. The minimum Gasteiger partial charge on any atom is -0.350 e. The summed E-state index contributed by atoms with van der Waals surface area (Å²) in [6, 6.07) is 3.99. The molecule has 0 bridgehead atoms. The zero-order chi connectivity index (χ0) is 18.0. The minimum absolute atomic E-state index is 0.0222. The molecule has 0 aromatic carbocycles. The lowest BCUT2D eigenvalue weighted by molar-refractivity contribution is -0.119. The Morgan fingerprint density at radius 1 is 1.16 bits per heavy atom. The van der Waals surface area contributed by atoms with Crippen molar-refractivity contribution in [1.82, 2.24) is 15.3 Å². The quantitative estimate of drug-likeness (QED) is 0.933. The van der Waals surface area contributed by atoms with Crippen LogP contribution in [0, 0.1) is 0 Å². The first-order valence-electron chi connectivity index (χ1n) is 8.45. The number of anilines is 1. The Balaban J connectivity index is 1.93. The second kappa shape index (κ2) is 7.01. The van der Waals surface area contributed by atoms with E-state index in [0.29, 0.717) is 0 Å². The Labute approximate surface area is 147 Å². The summed E-state index contributed by atoms with van der Waals surface area (Å²) in [4.78, 5) is 33.6. The molecule has 2 amide bonds. The van der Waals surface area contributed by atoms with Crippen LogP contribution < -0.4 is 10.2 Å². The smallest absolute Gasteiger partial charge is 0.225 e. The number of carbonyl (C=O) groups excluding carboxylic acids is 2. The number of nitrogens with one attached hydrogen (secondary N) is 1. The highest BCUT2D eigenvalue weighted by Crippen LogP contribution is 2.30. The van der Waals surface area contributed by atoms with E-state index in [9.17, 15) is 9.59 Å². The van der Waals surface area contributed by atoms with E-state index in [-0.39, 0.29) is 17.9 Å². The van der Waals surface area contributed by atoms with Gasteiger partial charge in [-0.3, -0.25) is 19.5 Å². The Morgan fingerprint density at radius 2 is 1.92 bits per heavy atom. The summed E-state index contributed by atoms with van der Waals surface area (Å²) in [7, 11) is 0. The van der Waals surface area contributed by atoms with Gasteiger partial charge in [0.15, 0.2) is 0 Å². The first-order valence-corrected chi connectivity index (χ1v) is 8.45. The fourth-order valence-corrected chi connectivity index (χ4v) is 3.17. The van der Waals surface area contributed by atoms with Gasteiger partial charge >= 0.3 is 0 Å². The Morgan fingerprint density at radius 3 is 2.64 bits per heavy atom. The lowest BCUT2D eigenvalue weighted by Crippen LogP contribution is -2.34. The van der Waals surface area contributed by atoms with Gasteiger partial charge in [-0.1, -0.05) is 0 Å². The van der Waals surface area contributed by atoms with Crippen molar-refractivity contribution in [3.05, 3.63) is 41.9 Å². The van der Waals surface area contributed by atoms with E-state index in [1.54, 1.807) is 30.4 Å². The molecule has 0 saturated carbocycles. The fourth-order valence-electron chi connectivity index (χ4n) is 3.17. The number of pyridine rings is 2. The average molecular weight is 338 g/mol. The predicted octanol–water partition coefficient (Wildman–Crippen LogP) is 2.64. The van der Waals surface area contributed by atoms with Crippen LogP contribution in [0.4, 0.5) is 5.82 Å². The maximum atomic E-state index is 11.8. The molecule has 1 aliphatic heterocycles. The molecule has 2 aromatic rings. The summed E-state index contributed by atoms with van der Waals surface area (Å²) in [6.45, 7) is 5.72. The normalized spacial score (nSPS) is 14.6. The van der Waals surface area contributed by atoms with E-state index in [1.165, 1.54) is 6.92 Å². The Bertz CT molecular complexity index is 819. The molecule has 6 heteroatoms. The zero-order valence-electron chi connectivity index (χ0n) is 14.7. The maximum absolute atomic E-state index is 11.8. The van der Waals surface area contributed by atoms with Gasteiger partial charge in [-0.2, -0.15) is 0 Å². The van der Waals surface area contributed by atoms with Crippen LogP contribution in [0.1, 0.15) is 44.4 Å². The lowest BCUT2D eigenvalue weighted by atomic mass is 9.99. The molecule has 0 radical (unpaired) electrons. The van der Waals surface area contributed by atoms with Crippen LogP contribution in [0.2, 0.25) is 0 Å². The number of hydrogen-bond acceptors (Lipinski definition) is 4. The van der Waals surface area contributed by atoms with Crippen molar-refractivity contribution in [2.45, 2.75) is 39.7 Å². The van der Waals surface area contributed by atoms with Gasteiger partial charge in [0.05, 0.1) is 6.04 Å². The van der Waals surface area contributed by atoms with Crippen LogP contribution in [0.25, 0.3) is 11.1 Å². The molecule has 3 rings (SSSR count). The molecule has 130 valence electrons. The number of carbonyl (C=O) groups is 2. The minimum atomic E-state index is -0.108. The molecule has 3 heterocycles. The van der Waals surface area contributed by atoms with E-state index in [4.69, 9.17) is 0 Å². The second-order valence-electron chi connectivity index (χ2n) is 6.41. The van der Waals surface area contributed by atoms with Crippen molar-refractivity contribution in [2.75, 3.05) is 11.4 Å². The highest BCUT2D eigenvalue weighted by atomic mass is 16.2. The largest absolute Gasteiger partial charge is 0.350 e. The van der Waals surface area contributed by atoms with Gasteiger partial charge in [-0.05, 0) is 43.0 Å². The van der Waals surface area contributed by atoms with Crippen LogP contribution in [0.3, 0.4) is 0 Å². The van der Waals surface area contributed by atoms with E-state index < -0.39 is 0 Å². The fraction of sp³-hybridized carbons (Fsp3) is 0.368. The second-order valence-corrected chi connectivity index (χ2v) is 6.41. The number of rotatable bonds is 3. The third-order valence-corrected chi connectivity index (χ3v) is 4.42. The van der Waals surface area contributed by atoms with Crippen LogP contribution in [-0.4, -0.2) is 28.3 Å². The molecular weight excluding hydrogens is 316 g/mol. The average Bonchev–Trinajstić information content (AvgIpc) is 2.60. The topological polar surface area (TPSA) is 75.2 Å². The molecule has 0 aliphatic carbocycles. The van der Waals surface area contributed by atoms with Crippen LogP contribution >= 0.6 is 0 Å². The number of amides is 2. The Hall–Kier alpha value is -2.76. The van der Waals surface area contributed by atoms with Crippen molar-refractivity contribution >= 4 is 17.6 Å². The monoisotopic (exact) mass is 338 g/mol. The van der Waals surface area contributed by atoms with Crippen molar-refractivity contribution in [3.63, 3.8) is 0 Å². The van der Waals surface area contributed by atoms with Crippen LogP contribution in [0.15, 0.2) is 30.7 Å². The summed E-state index contributed by atoms with van der Waals surface area (Å²) in [5, 5.41) is 2.87. The van der Waals surface area contributed by atoms with Crippen molar-refractivity contribution in [2.24, 2.45) is 0 Å². The molecule has 1 N–H and O–H groups in total. The van der Waals surface area contributed by atoms with Gasteiger partial charge in [0.2, 0.25) is 11.8 Å². The molecule has 0 spiro atoms. The maximum Gasteiger partial charge on any atom is 0.225 e. The summed E-state index contributed by atoms with van der Waals surface area (Å²) >= 11 is 0. The summed E-state index contributed by atoms with van der Waals surface area (Å²) in [5.41, 5.74) is 3.94. The van der Waals surface area contributed by atoms with Crippen molar-refractivity contribution in [1.29, 1.82) is 0 Å². The van der Waals surface area contributed by atoms with Gasteiger partial charge in [-0.25, -0.2) is 4.98 Å². The molecule has 1 atom stereocenters. The third-order valence-electron chi connectivity index (χ3n) is 4.42. The van der Waals surface area contributed by atoms with Crippen molar-refractivity contribution < 1.29 is 9.59 Å². The van der Waals surface area contributed by atoms with Crippen molar-refractivity contribution in [3.8, 4) is 11.1 Å². The van der Waals surface area contributed by atoms with Gasteiger partial charge in [0.1, 0.15) is 5.82 Å². The molecule has 0 fully saturated rings. The molecule has 2 aromatic heterocycles. The van der Waals surface area contributed by atoms with E-state index >= 15 is 0 Å². The standard InChI is InChI=1S/C19H22N4O2/c1-12(22-13(2)24)16-8-17(10-20-9-16)18-7-15-5-4-6-23(14(3)25)19(15)21-11-18/h7-12H,4-6H2,1-3H3,(H,22,24). The number of hydrogen-bond donors (Lipinski definition) is 1. The van der Waals surface area contributed by atoms with Gasteiger partial charge in [-0.15, -0.1) is 0 Å². The van der Waals surface area contributed by atoms with Gasteiger partial charge in [0.25, 0.3) is 0 Å². The number of fused-ring (bicyclic) bond motifs is 1. The summed E-state index contributed by atoms with van der Waals surface area (Å²) < 4.78 is 0. The van der Waals surface area contributed by atoms with E-state index in [0.717, 1.165) is 47.5 Å². The molecule has 1 aliphatic rings. The third kappa shape index (κ3) is 3.68. The Kier molecular flexibility index (Phi) is 4.79.